The van der Waals surface area contributed by atoms with Crippen LogP contribution in [0.4, 0.5) is 0 Å². The molecule has 1 aromatic carbocycles. The molecule has 7 heteroatoms. The molecule has 108 valence electrons. The van der Waals surface area contributed by atoms with Crippen molar-refractivity contribution in [1.82, 2.24) is 15.3 Å². The summed E-state index contributed by atoms with van der Waals surface area (Å²) in [7, 11) is -3.62. The van der Waals surface area contributed by atoms with E-state index in [4.69, 9.17) is 0 Å². The van der Waals surface area contributed by atoms with Crippen molar-refractivity contribution in [3.8, 4) is 11.4 Å². The molecule has 2 aromatic rings. The highest BCUT2D eigenvalue weighted by molar-refractivity contribution is 7.90. The van der Waals surface area contributed by atoms with Crippen LogP contribution in [0.5, 0.6) is 0 Å². The van der Waals surface area contributed by atoms with Crippen LogP contribution < -0.4 is 5.32 Å². The smallest absolute Gasteiger partial charge is 0.256 e. The number of hydrogen-bond acceptors (Lipinski definition) is 5. The predicted molar refractivity (Wildman–Crippen MR) is 76.6 cm³/mol. The normalized spacial score (nSPS) is 14.4. The quantitative estimate of drug-likeness (QED) is 0.830. The molecule has 1 amide bonds. The van der Waals surface area contributed by atoms with E-state index in [-0.39, 0.29) is 10.6 Å². The average molecular weight is 303 g/mol. The Balaban J connectivity index is 2.30. The second kappa shape index (κ2) is 4.92. The zero-order valence-electron chi connectivity index (χ0n) is 11.3. The first kappa shape index (κ1) is 13.7. The monoisotopic (exact) mass is 303 g/mol. The van der Waals surface area contributed by atoms with E-state index in [0.717, 1.165) is 11.8 Å². The molecule has 1 aliphatic heterocycles. The lowest BCUT2D eigenvalue weighted by Gasteiger charge is -2.18. The summed E-state index contributed by atoms with van der Waals surface area (Å²) in [6.07, 6.45) is 1.54. The van der Waals surface area contributed by atoms with Crippen molar-refractivity contribution >= 4 is 15.7 Å². The minimum Gasteiger partial charge on any atom is -0.351 e. The Morgan fingerprint density at radius 3 is 2.52 bits per heavy atom. The second-order valence-corrected chi connectivity index (χ2v) is 6.75. The number of benzene rings is 1. The molecule has 1 N–H and O–H groups in total. The molecule has 6 nitrogen and oxygen atoms in total. The second-order valence-electron chi connectivity index (χ2n) is 4.82. The number of hydrogen-bond donors (Lipinski definition) is 1. The summed E-state index contributed by atoms with van der Waals surface area (Å²) in [5.41, 5.74) is 1.27. The number of rotatable bonds is 2. The first-order valence-electron chi connectivity index (χ1n) is 6.41. The largest absolute Gasteiger partial charge is 0.351 e. The van der Waals surface area contributed by atoms with E-state index in [1.54, 1.807) is 12.1 Å². The lowest BCUT2D eigenvalue weighted by molar-refractivity contribution is 0.0940. The van der Waals surface area contributed by atoms with Gasteiger partial charge in [-0.05, 0) is 0 Å². The molecular weight excluding hydrogens is 290 g/mol. The van der Waals surface area contributed by atoms with Gasteiger partial charge in [0.05, 0.1) is 11.3 Å². The van der Waals surface area contributed by atoms with E-state index in [1.165, 1.54) is 0 Å². The van der Waals surface area contributed by atoms with E-state index in [0.29, 0.717) is 24.5 Å². The highest BCUT2D eigenvalue weighted by Gasteiger charge is 2.29. The van der Waals surface area contributed by atoms with Crippen LogP contribution in [0.25, 0.3) is 11.4 Å². The van der Waals surface area contributed by atoms with Crippen LogP contribution in [0, 0.1) is 0 Å². The van der Waals surface area contributed by atoms with E-state index in [9.17, 15) is 13.2 Å². The fourth-order valence-electron chi connectivity index (χ4n) is 2.26. The molecule has 0 bridgehead atoms. The zero-order chi connectivity index (χ0) is 15.0. The van der Waals surface area contributed by atoms with Crippen molar-refractivity contribution in [2.45, 2.75) is 11.4 Å². The summed E-state index contributed by atoms with van der Waals surface area (Å²) in [6.45, 7) is 0.445. The average Bonchev–Trinajstić information content (AvgIpc) is 2.46. The van der Waals surface area contributed by atoms with Crippen LogP contribution in [0.3, 0.4) is 0 Å². The SMILES string of the molecule is CS(=O)(=O)c1nc(-c2ccccc2)nc2c1C(=O)NCC2. The first-order valence-corrected chi connectivity index (χ1v) is 8.30. The summed E-state index contributed by atoms with van der Waals surface area (Å²) in [4.78, 5) is 20.4. The third-order valence-electron chi connectivity index (χ3n) is 3.21. The Morgan fingerprint density at radius 2 is 1.86 bits per heavy atom. The predicted octanol–water partition coefficient (Wildman–Crippen LogP) is 0.833. The van der Waals surface area contributed by atoms with Gasteiger partial charge in [0.2, 0.25) is 0 Å². The molecule has 2 heterocycles. The van der Waals surface area contributed by atoms with Gasteiger partial charge in [-0.2, -0.15) is 0 Å². The molecule has 0 saturated heterocycles. The number of fused-ring (bicyclic) bond motifs is 1. The fraction of sp³-hybridized carbons (Fsp3) is 0.214. The van der Waals surface area contributed by atoms with Crippen molar-refractivity contribution in [3.05, 3.63) is 41.6 Å². The maximum Gasteiger partial charge on any atom is 0.256 e. The Bertz CT molecular complexity index is 817. The fourth-order valence-corrected chi connectivity index (χ4v) is 3.09. The molecular formula is C14H13N3O3S. The van der Waals surface area contributed by atoms with Crippen molar-refractivity contribution < 1.29 is 13.2 Å². The molecule has 1 aromatic heterocycles. The van der Waals surface area contributed by atoms with Crippen LogP contribution in [0.1, 0.15) is 16.1 Å². The first-order chi connectivity index (χ1) is 9.97. The molecule has 21 heavy (non-hydrogen) atoms. The van der Waals surface area contributed by atoms with E-state index in [1.807, 2.05) is 18.2 Å². The summed E-state index contributed by atoms with van der Waals surface area (Å²) in [5, 5.41) is 2.42. The maximum atomic E-state index is 12.0. The van der Waals surface area contributed by atoms with Gasteiger partial charge in [0.15, 0.2) is 20.7 Å². The lowest BCUT2D eigenvalue weighted by atomic mass is 10.1. The summed E-state index contributed by atoms with van der Waals surface area (Å²) in [6, 6.07) is 9.11. The Morgan fingerprint density at radius 1 is 1.14 bits per heavy atom. The van der Waals surface area contributed by atoms with Crippen LogP contribution in [-0.2, 0) is 16.3 Å². The highest BCUT2D eigenvalue weighted by atomic mass is 32.2. The summed E-state index contributed by atoms with van der Waals surface area (Å²) in [5.74, 6) is -0.110. The van der Waals surface area contributed by atoms with Crippen LogP contribution in [0.15, 0.2) is 35.4 Å². The van der Waals surface area contributed by atoms with Crippen molar-refractivity contribution in [2.75, 3.05) is 12.8 Å². The zero-order valence-corrected chi connectivity index (χ0v) is 12.1. The number of amides is 1. The Hall–Kier alpha value is -2.28. The molecule has 3 rings (SSSR count). The van der Waals surface area contributed by atoms with E-state index in [2.05, 4.69) is 15.3 Å². The van der Waals surface area contributed by atoms with Gasteiger partial charge in [-0.1, -0.05) is 30.3 Å². The molecule has 0 fully saturated rings. The molecule has 0 aliphatic carbocycles. The molecule has 1 aliphatic rings. The maximum absolute atomic E-state index is 12.0. The van der Waals surface area contributed by atoms with E-state index >= 15 is 0 Å². The molecule has 0 radical (unpaired) electrons. The van der Waals surface area contributed by atoms with Crippen LogP contribution in [0.2, 0.25) is 0 Å². The minimum atomic E-state index is -3.62. The van der Waals surface area contributed by atoms with Crippen LogP contribution in [-0.4, -0.2) is 37.1 Å². The lowest BCUT2D eigenvalue weighted by Crippen LogP contribution is -2.34. The van der Waals surface area contributed by atoms with Crippen molar-refractivity contribution in [2.24, 2.45) is 0 Å². The topological polar surface area (TPSA) is 89.0 Å². The Labute approximate surface area is 122 Å². The number of nitrogens with one attached hydrogen (secondary N) is 1. The van der Waals surface area contributed by atoms with Gasteiger partial charge in [0.1, 0.15) is 0 Å². The van der Waals surface area contributed by atoms with Gasteiger partial charge >= 0.3 is 0 Å². The van der Waals surface area contributed by atoms with E-state index < -0.39 is 15.7 Å². The van der Waals surface area contributed by atoms with Crippen molar-refractivity contribution in [1.29, 1.82) is 0 Å². The standard InChI is InChI=1S/C14H13N3O3S/c1-21(19,20)14-11-10(7-8-15-13(11)18)16-12(17-14)9-5-3-2-4-6-9/h2-6H,7-8H2,1H3,(H,15,18). The van der Waals surface area contributed by atoms with Gasteiger partial charge in [0.25, 0.3) is 5.91 Å². The van der Waals surface area contributed by atoms with Gasteiger partial charge in [-0.15, -0.1) is 0 Å². The van der Waals surface area contributed by atoms with Gasteiger partial charge < -0.3 is 5.32 Å². The number of sulfone groups is 1. The number of carbonyl (C=O) groups is 1. The summed E-state index contributed by atoms with van der Waals surface area (Å²) < 4.78 is 23.9. The molecule has 0 unspecified atom stereocenters. The van der Waals surface area contributed by atoms with Crippen molar-refractivity contribution in [3.63, 3.8) is 0 Å². The number of nitrogens with zero attached hydrogens (tertiary/aromatic N) is 2. The molecule has 0 atom stereocenters. The minimum absolute atomic E-state index is 0.0726. The highest BCUT2D eigenvalue weighted by Crippen LogP contribution is 2.24. The number of carbonyl (C=O) groups excluding carboxylic acids is 1. The van der Waals surface area contributed by atoms with Gasteiger partial charge in [-0.25, -0.2) is 18.4 Å². The summed E-state index contributed by atoms with van der Waals surface area (Å²) >= 11 is 0. The third kappa shape index (κ3) is 2.52. The van der Waals surface area contributed by atoms with Crippen LogP contribution >= 0.6 is 0 Å². The third-order valence-corrected chi connectivity index (χ3v) is 4.21. The van der Waals surface area contributed by atoms with Gasteiger partial charge in [-0.3, -0.25) is 4.79 Å². The molecule has 0 saturated carbocycles. The Kier molecular flexibility index (Phi) is 3.21. The van der Waals surface area contributed by atoms with Gasteiger partial charge in [0, 0.05) is 24.8 Å². The number of aromatic nitrogens is 2. The molecule has 0 spiro atoms.